The third-order valence-corrected chi connectivity index (χ3v) is 5.43. The predicted molar refractivity (Wildman–Crippen MR) is 102 cm³/mol. The average molecular weight is 367 g/mol. The summed E-state index contributed by atoms with van der Waals surface area (Å²) in [5.74, 6) is 2.34. The van der Waals surface area contributed by atoms with E-state index in [1.807, 2.05) is 36.4 Å². The first-order valence-electron chi connectivity index (χ1n) is 9.53. The van der Waals surface area contributed by atoms with E-state index >= 15 is 0 Å². The molecule has 0 radical (unpaired) electrons. The lowest BCUT2D eigenvalue weighted by molar-refractivity contribution is -0.122. The van der Waals surface area contributed by atoms with Crippen molar-refractivity contribution in [1.82, 2.24) is 5.32 Å². The summed E-state index contributed by atoms with van der Waals surface area (Å²) in [4.78, 5) is 12.8. The van der Waals surface area contributed by atoms with E-state index in [2.05, 4.69) is 11.4 Å². The Hall–Kier alpha value is -2.69. The molecule has 27 heavy (non-hydrogen) atoms. The maximum absolute atomic E-state index is 12.8. The number of hydrogen-bond acceptors (Lipinski definition) is 4. The van der Waals surface area contributed by atoms with E-state index in [1.165, 1.54) is 0 Å². The first-order valence-corrected chi connectivity index (χ1v) is 9.53. The van der Waals surface area contributed by atoms with Crippen LogP contribution in [-0.2, 0) is 16.8 Å². The van der Waals surface area contributed by atoms with E-state index in [0.29, 0.717) is 19.6 Å². The lowest BCUT2D eigenvalue weighted by Gasteiger charge is -2.32. The lowest BCUT2D eigenvalue weighted by Crippen LogP contribution is -2.44. The van der Waals surface area contributed by atoms with Crippen molar-refractivity contribution in [3.8, 4) is 17.2 Å². The van der Waals surface area contributed by atoms with Crippen molar-refractivity contribution < 1.29 is 19.0 Å². The summed E-state index contributed by atoms with van der Waals surface area (Å²) in [5, 5.41) is 3.33. The normalized spacial score (nSPS) is 17.4. The minimum absolute atomic E-state index is 0.0278. The number of benzene rings is 2. The van der Waals surface area contributed by atoms with Gasteiger partial charge in [-0.05, 0) is 48.2 Å². The molecule has 142 valence electrons. The van der Waals surface area contributed by atoms with Crippen molar-refractivity contribution in [2.75, 3.05) is 20.3 Å². The lowest BCUT2D eigenvalue weighted by atomic mass is 9.87. The third-order valence-electron chi connectivity index (χ3n) is 5.43. The Morgan fingerprint density at radius 2 is 1.85 bits per heavy atom. The highest BCUT2D eigenvalue weighted by atomic mass is 16.6. The van der Waals surface area contributed by atoms with Crippen LogP contribution < -0.4 is 19.5 Å². The molecular weight excluding hydrogens is 342 g/mol. The zero-order valence-electron chi connectivity index (χ0n) is 15.6. The zero-order valence-corrected chi connectivity index (χ0v) is 15.6. The molecular formula is C22H25NO4. The number of methoxy groups -OCH3 is 1. The highest BCUT2D eigenvalue weighted by molar-refractivity contribution is 5.79. The standard InChI is InChI=1S/C22H25NO4/c1-25-18-6-4-5-16(13-18)14-21(24)23-22(9-2-3-10-22)17-7-8-19-20(15-17)27-12-11-26-19/h4-8,13,15H,2-3,9-12,14H2,1H3,(H,23,24). The second kappa shape index (κ2) is 7.51. The molecule has 0 unspecified atom stereocenters. The van der Waals surface area contributed by atoms with Gasteiger partial charge < -0.3 is 19.5 Å². The quantitative estimate of drug-likeness (QED) is 0.877. The molecule has 0 bridgehead atoms. The minimum atomic E-state index is -0.328. The Bertz CT molecular complexity index is 827. The fourth-order valence-corrected chi connectivity index (χ4v) is 4.08. The predicted octanol–water partition coefficient (Wildman–Crippen LogP) is 3.59. The maximum Gasteiger partial charge on any atom is 0.225 e. The largest absolute Gasteiger partial charge is 0.497 e. The summed E-state index contributed by atoms with van der Waals surface area (Å²) >= 11 is 0. The summed E-state index contributed by atoms with van der Waals surface area (Å²) in [5.41, 5.74) is 1.72. The van der Waals surface area contributed by atoms with Crippen molar-refractivity contribution in [3.05, 3.63) is 53.6 Å². The van der Waals surface area contributed by atoms with E-state index in [0.717, 1.165) is 54.1 Å². The van der Waals surface area contributed by atoms with Gasteiger partial charge in [-0.3, -0.25) is 4.79 Å². The summed E-state index contributed by atoms with van der Waals surface area (Å²) < 4.78 is 16.6. The Balaban J connectivity index is 1.54. The van der Waals surface area contributed by atoms with Gasteiger partial charge in [-0.15, -0.1) is 0 Å². The number of carbonyl (C=O) groups is 1. The number of carbonyl (C=O) groups excluding carboxylic acids is 1. The summed E-state index contributed by atoms with van der Waals surface area (Å²) in [7, 11) is 1.63. The van der Waals surface area contributed by atoms with Crippen LogP contribution >= 0.6 is 0 Å². The first-order chi connectivity index (χ1) is 13.2. The summed E-state index contributed by atoms with van der Waals surface area (Å²) in [6.45, 7) is 1.14. The second-order valence-corrected chi connectivity index (χ2v) is 7.22. The third kappa shape index (κ3) is 3.72. The van der Waals surface area contributed by atoms with Crippen molar-refractivity contribution in [3.63, 3.8) is 0 Å². The van der Waals surface area contributed by atoms with Crippen LogP contribution in [0.25, 0.3) is 0 Å². The number of amides is 1. The molecule has 1 saturated carbocycles. The molecule has 1 N–H and O–H groups in total. The molecule has 2 aromatic rings. The molecule has 5 heteroatoms. The smallest absolute Gasteiger partial charge is 0.225 e. The van der Waals surface area contributed by atoms with E-state index in [9.17, 15) is 4.79 Å². The molecule has 1 heterocycles. The van der Waals surface area contributed by atoms with Crippen LogP contribution in [0.5, 0.6) is 17.2 Å². The maximum atomic E-state index is 12.8. The highest BCUT2D eigenvalue weighted by Crippen LogP contribution is 2.42. The molecule has 2 aliphatic rings. The van der Waals surface area contributed by atoms with E-state index < -0.39 is 0 Å². The van der Waals surface area contributed by atoms with Crippen LogP contribution in [0.1, 0.15) is 36.8 Å². The van der Waals surface area contributed by atoms with Gasteiger partial charge in [0.2, 0.25) is 5.91 Å². The van der Waals surface area contributed by atoms with E-state index in [1.54, 1.807) is 7.11 Å². The number of ether oxygens (including phenoxy) is 3. The zero-order chi connectivity index (χ0) is 18.7. The van der Waals surface area contributed by atoms with Gasteiger partial charge in [0.1, 0.15) is 19.0 Å². The van der Waals surface area contributed by atoms with E-state index in [4.69, 9.17) is 14.2 Å². The average Bonchev–Trinajstić information content (AvgIpc) is 3.17. The number of rotatable bonds is 5. The molecule has 1 aliphatic carbocycles. The minimum Gasteiger partial charge on any atom is -0.497 e. The molecule has 1 amide bonds. The van der Waals surface area contributed by atoms with Crippen molar-refractivity contribution in [2.24, 2.45) is 0 Å². The molecule has 2 aromatic carbocycles. The van der Waals surface area contributed by atoms with Gasteiger partial charge in [-0.25, -0.2) is 0 Å². The SMILES string of the molecule is COc1cccc(CC(=O)NC2(c3ccc4c(c3)OCCO4)CCCC2)c1. The van der Waals surface area contributed by atoms with Crippen LogP contribution in [0.2, 0.25) is 0 Å². The van der Waals surface area contributed by atoms with Gasteiger partial charge in [-0.2, -0.15) is 0 Å². The molecule has 0 aromatic heterocycles. The van der Waals surface area contributed by atoms with Crippen LogP contribution in [0.3, 0.4) is 0 Å². The Morgan fingerprint density at radius 1 is 1.07 bits per heavy atom. The van der Waals surface area contributed by atoms with Crippen LogP contribution in [0.4, 0.5) is 0 Å². The number of nitrogens with one attached hydrogen (secondary N) is 1. The molecule has 1 aliphatic heterocycles. The number of hydrogen-bond donors (Lipinski definition) is 1. The molecule has 0 saturated heterocycles. The van der Waals surface area contributed by atoms with Crippen molar-refractivity contribution >= 4 is 5.91 Å². The molecule has 5 nitrogen and oxygen atoms in total. The van der Waals surface area contributed by atoms with Gasteiger partial charge in [0, 0.05) is 0 Å². The first kappa shape index (κ1) is 17.7. The molecule has 0 spiro atoms. The second-order valence-electron chi connectivity index (χ2n) is 7.22. The fraction of sp³-hybridized carbons (Fsp3) is 0.409. The monoisotopic (exact) mass is 367 g/mol. The van der Waals surface area contributed by atoms with E-state index in [-0.39, 0.29) is 11.4 Å². The number of fused-ring (bicyclic) bond motifs is 1. The van der Waals surface area contributed by atoms with Gasteiger partial charge in [0.15, 0.2) is 11.5 Å². The Kier molecular flexibility index (Phi) is 4.92. The fourth-order valence-electron chi connectivity index (χ4n) is 4.08. The van der Waals surface area contributed by atoms with Crippen LogP contribution in [0, 0.1) is 0 Å². The van der Waals surface area contributed by atoms with Gasteiger partial charge in [0.25, 0.3) is 0 Å². The summed E-state index contributed by atoms with van der Waals surface area (Å²) in [6, 6.07) is 13.7. The van der Waals surface area contributed by atoms with Gasteiger partial charge in [-0.1, -0.05) is 31.0 Å². The van der Waals surface area contributed by atoms with Crippen molar-refractivity contribution in [2.45, 2.75) is 37.6 Å². The highest BCUT2D eigenvalue weighted by Gasteiger charge is 2.37. The van der Waals surface area contributed by atoms with Gasteiger partial charge >= 0.3 is 0 Å². The molecule has 0 atom stereocenters. The van der Waals surface area contributed by atoms with Crippen molar-refractivity contribution in [1.29, 1.82) is 0 Å². The Labute approximate surface area is 159 Å². The topological polar surface area (TPSA) is 56.8 Å². The van der Waals surface area contributed by atoms with Gasteiger partial charge in [0.05, 0.1) is 19.1 Å². The summed E-state index contributed by atoms with van der Waals surface area (Å²) in [6.07, 6.45) is 4.43. The Morgan fingerprint density at radius 3 is 2.63 bits per heavy atom. The van der Waals surface area contributed by atoms with Crippen LogP contribution in [-0.4, -0.2) is 26.2 Å². The van der Waals surface area contributed by atoms with Crippen LogP contribution in [0.15, 0.2) is 42.5 Å². The molecule has 4 rings (SSSR count). The molecule has 1 fully saturated rings.